The van der Waals surface area contributed by atoms with E-state index in [-0.39, 0.29) is 11.4 Å². The third-order valence-corrected chi connectivity index (χ3v) is 4.31. The molecule has 0 radical (unpaired) electrons. The average Bonchev–Trinajstić information content (AvgIpc) is 3.23. The van der Waals surface area contributed by atoms with Crippen molar-refractivity contribution in [3.8, 4) is 12.3 Å². The minimum Gasteiger partial charge on any atom is -0.311 e. The molecular weight excluding hydrogens is 338 g/mol. The van der Waals surface area contributed by atoms with E-state index in [9.17, 15) is 4.79 Å². The van der Waals surface area contributed by atoms with Gasteiger partial charge in [0.2, 0.25) is 5.91 Å². The van der Waals surface area contributed by atoms with Crippen LogP contribution in [0.4, 0.5) is 5.82 Å². The molecule has 0 aliphatic carbocycles. The summed E-state index contributed by atoms with van der Waals surface area (Å²) in [5, 5.41) is 11.6. The van der Waals surface area contributed by atoms with Crippen LogP contribution in [0.1, 0.15) is 64.9 Å². The maximum absolute atomic E-state index is 12.4. The number of nitrogens with zero attached hydrogens (tertiary/aromatic N) is 4. The maximum atomic E-state index is 12.4. The molecule has 0 atom stereocenters. The van der Waals surface area contributed by atoms with Gasteiger partial charge in [-0.25, -0.2) is 4.68 Å². The highest BCUT2D eigenvalue weighted by Crippen LogP contribution is 2.19. The first-order chi connectivity index (χ1) is 12.9. The molecule has 0 saturated carbocycles. The Morgan fingerprint density at radius 2 is 1.93 bits per heavy atom. The molecule has 27 heavy (non-hydrogen) atoms. The number of anilines is 1. The van der Waals surface area contributed by atoms with Crippen LogP contribution in [-0.2, 0) is 23.3 Å². The summed E-state index contributed by atoms with van der Waals surface area (Å²) in [6.07, 6.45) is 17.7. The molecule has 0 aliphatic heterocycles. The second-order valence-corrected chi connectivity index (χ2v) is 7.86. The van der Waals surface area contributed by atoms with Crippen molar-refractivity contribution in [2.24, 2.45) is 0 Å². The van der Waals surface area contributed by atoms with E-state index in [1.54, 1.807) is 12.4 Å². The molecule has 0 bridgehead atoms. The molecule has 146 valence electrons. The fourth-order valence-electron chi connectivity index (χ4n) is 2.96. The second-order valence-electron chi connectivity index (χ2n) is 7.86. The monoisotopic (exact) mass is 369 g/mol. The van der Waals surface area contributed by atoms with Gasteiger partial charge in [-0.15, -0.1) is 12.3 Å². The van der Waals surface area contributed by atoms with Crippen molar-refractivity contribution in [2.75, 3.05) is 5.32 Å². The van der Waals surface area contributed by atoms with Crippen molar-refractivity contribution < 1.29 is 4.79 Å². The van der Waals surface area contributed by atoms with Gasteiger partial charge in [0.15, 0.2) is 0 Å². The molecule has 1 amide bonds. The van der Waals surface area contributed by atoms with Gasteiger partial charge in [-0.1, -0.05) is 19.3 Å². The molecule has 6 nitrogen and oxygen atoms in total. The average molecular weight is 370 g/mol. The molecule has 6 heteroatoms. The first-order valence-electron chi connectivity index (χ1n) is 9.69. The zero-order chi connectivity index (χ0) is 19.7. The van der Waals surface area contributed by atoms with Crippen LogP contribution in [0.3, 0.4) is 0 Å². The van der Waals surface area contributed by atoms with Crippen LogP contribution in [0.2, 0.25) is 0 Å². The molecular formula is C21H31N5O. The van der Waals surface area contributed by atoms with E-state index >= 15 is 0 Å². The first kappa shape index (κ1) is 20.8. The van der Waals surface area contributed by atoms with E-state index in [4.69, 9.17) is 6.42 Å². The van der Waals surface area contributed by atoms with Crippen LogP contribution in [-0.4, -0.2) is 25.5 Å². The minimum absolute atomic E-state index is 0.0611. The number of terminal acetylenes is 1. The predicted octanol–water partition coefficient (Wildman–Crippen LogP) is 3.99. The van der Waals surface area contributed by atoms with Crippen molar-refractivity contribution in [2.45, 2.75) is 77.8 Å². The van der Waals surface area contributed by atoms with Crippen LogP contribution in [0.15, 0.2) is 24.7 Å². The van der Waals surface area contributed by atoms with Gasteiger partial charge in [-0.05, 0) is 39.2 Å². The van der Waals surface area contributed by atoms with Crippen molar-refractivity contribution in [1.29, 1.82) is 0 Å². The highest BCUT2D eigenvalue weighted by Gasteiger charge is 2.18. The number of aryl methyl sites for hydroxylation is 1. The van der Waals surface area contributed by atoms with Crippen LogP contribution in [0.25, 0.3) is 0 Å². The van der Waals surface area contributed by atoms with Gasteiger partial charge in [0.1, 0.15) is 5.82 Å². The van der Waals surface area contributed by atoms with Gasteiger partial charge in [-0.3, -0.25) is 9.48 Å². The zero-order valence-corrected chi connectivity index (χ0v) is 16.7. The summed E-state index contributed by atoms with van der Waals surface area (Å²) in [5.74, 6) is 3.33. The lowest BCUT2D eigenvalue weighted by atomic mass is 10.1. The summed E-state index contributed by atoms with van der Waals surface area (Å²) in [7, 11) is 0. The van der Waals surface area contributed by atoms with Crippen LogP contribution in [0, 0.1) is 12.3 Å². The molecule has 0 spiro atoms. The summed E-state index contributed by atoms with van der Waals surface area (Å²) in [4.78, 5) is 12.4. The molecule has 0 aromatic carbocycles. The Hall–Kier alpha value is -2.55. The van der Waals surface area contributed by atoms with Gasteiger partial charge in [0.05, 0.1) is 24.4 Å². The Morgan fingerprint density at radius 3 is 2.67 bits per heavy atom. The normalized spacial score (nSPS) is 11.3. The fraction of sp³-hybridized carbons (Fsp3) is 0.571. The lowest BCUT2D eigenvalue weighted by Crippen LogP contribution is -2.27. The summed E-state index contributed by atoms with van der Waals surface area (Å²) >= 11 is 0. The number of rotatable bonds is 10. The highest BCUT2D eigenvalue weighted by atomic mass is 16.1. The maximum Gasteiger partial charge on any atom is 0.230 e. The van der Waals surface area contributed by atoms with Gasteiger partial charge >= 0.3 is 0 Å². The molecule has 1 N–H and O–H groups in total. The van der Waals surface area contributed by atoms with Crippen molar-refractivity contribution in [3.63, 3.8) is 0 Å². The third kappa shape index (κ3) is 6.93. The number of hydrogen-bond donors (Lipinski definition) is 1. The van der Waals surface area contributed by atoms with Crippen molar-refractivity contribution >= 4 is 11.7 Å². The summed E-state index contributed by atoms with van der Waals surface area (Å²) < 4.78 is 3.74. The van der Waals surface area contributed by atoms with E-state index in [0.29, 0.717) is 12.2 Å². The molecule has 2 aromatic heterocycles. The molecule has 2 rings (SSSR count). The summed E-state index contributed by atoms with van der Waals surface area (Å²) in [6.45, 7) is 7.03. The summed E-state index contributed by atoms with van der Waals surface area (Å²) in [6, 6.07) is 1.82. The molecule has 0 aliphatic rings. The minimum atomic E-state index is -0.183. The Kier molecular flexibility index (Phi) is 7.66. The Morgan fingerprint density at radius 1 is 1.19 bits per heavy atom. The fourth-order valence-corrected chi connectivity index (χ4v) is 2.96. The molecule has 2 aromatic rings. The van der Waals surface area contributed by atoms with Crippen molar-refractivity contribution in [1.82, 2.24) is 19.6 Å². The number of unbranched alkanes of at least 4 members (excludes halogenated alkanes) is 5. The molecule has 0 unspecified atom stereocenters. The number of hydrogen-bond acceptors (Lipinski definition) is 3. The van der Waals surface area contributed by atoms with E-state index in [0.717, 1.165) is 31.4 Å². The second kappa shape index (κ2) is 9.96. The Bertz CT molecular complexity index is 760. The lowest BCUT2D eigenvalue weighted by Gasteiger charge is -2.22. The molecule has 0 saturated heterocycles. The first-order valence-corrected chi connectivity index (χ1v) is 9.69. The van der Waals surface area contributed by atoms with E-state index in [1.807, 2.05) is 21.6 Å². The number of aromatic nitrogens is 4. The topological polar surface area (TPSA) is 64.7 Å². The van der Waals surface area contributed by atoms with E-state index in [1.165, 1.54) is 19.3 Å². The molecule has 2 heterocycles. The SMILES string of the molecule is C#CCCCCCCCn1cc(CC(=O)Nc2ccnn2C(C)(C)C)cn1. The van der Waals surface area contributed by atoms with Crippen LogP contribution < -0.4 is 5.32 Å². The van der Waals surface area contributed by atoms with Gasteiger partial charge in [0, 0.05) is 25.2 Å². The van der Waals surface area contributed by atoms with E-state index < -0.39 is 0 Å². The molecule has 0 fully saturated rings. The van der Waals surface area contributed by atoms with Gasteiger partial charge in [-0.2, -0.15) is 10.2 Å². The lowest BCUT2D eigenvalue weighted by molar-refractivity contribution is -0.115. The van der Waals surface area contributed by atoms with E-state index in [2.05, 4.69) is 42.2 Å². The number of carbonyl (C=O) groups is 1. The predicted molar refractivity (Wildman–Crippen MR) is 108 cm³/mol. The summed E-state index contributed by atoms with van der Waals surface area (Å²) in [5.41, 5.74) is 0.737. The third-order valence-electron chi connectivity index (χ3n) is 4.31. The quantitative estimate of drug-likeness (QED) is 0.509. The van der Waals surface area contributed by atoms with Gasteiger partial charge in [0.25, 0.3) is 0 Å². The van der Waals surface area contributed by atoms with Crippen LogP contribution in [0.5, 0.6) is 0 Å². The van der Waals surface area contributed by atoms with Crippen molar-refractivity contribution in [3.05, 3.63) is 30.2 Å². The smallest absolute Gasteiger partial charge is 0.230 e. The largest absolute Gasteiger partial charge is 0.311 e. The Labute approximate surface area is 162 Å². The number of carbonyl (C=O) groups excluding carboxylic acids is 1. The standard InChI is InChI=1S/C21H31N5O/c1-5-6-7-8-9-10-11-14-25-17-18(16-23-25)15-20(27)24-19-12-13-22-26(19)21(2,3)4/h1,12-13,16-17H,6-11,14-15H2,2-4H3,(H,24,27). The zero-order valence-electron chi connectivity index (χ0n) is 16.7. The van der Waals surface area contributed by atoms with Gasteiger partial charge < -0.3 is 5.32 Å². The number of nitrogens with one attached hydrogen (secondary N) is 1. The Balaban J connectivity index is 1.75. The number of amides is 1. The van der Waals surface area contributed by atoms with Crippen LogP contribution >= 0.6 is 0 Å². The highest BCUT2D eigenvalue weighted by molar-refractivity contribution is 5.91.